The van der Waals surface area contributed by atoms with Gasteiger partial charge in [-0.15, -0.1) is 0 Å². The fourth-order valence-corrected chi connectivity index (χ4v) is 3.88. The number of ether oxygens (including phenoxy) is 1. The van der Waals surface area contributed by atoms with Crippen molar-refractivity contribution in [1.29, 1.82) is 0 Å². The van der Waals surface area contributed by atoms with E-state index in [1.165, 1.54) is 25.7 Å². The van der Waals surface area contributed by atoms with Gasteiger partial charge in [0, 0.05) is 12.1 Å². The lowest BCUT2D eigenvalue weighted by Gasteiger charge is -2.20. The molecule has 108 valence electrons. The number of carbonyl (C=O) groups is 1. The summed E-state index contributed by atoms with van der Waals surface area (Å²) in [6, 6.07) is 7.61. The molecule has 2 aliphatic rings. The van der Waals surface area contributed by atoms with Gasteiger partial charge in [0.2, 0.25) is 5.91 Å². The molecule has 3 atom stereocenters. The van der Waals surface area contributed by atoms with E-state index in [0.29, 0.717) is 18.9 Å². The molecule has 20 heavy (non-hydrogen) atoms. The summed E-state index contributed by atoms with van der Waals surface area (Å²) in [7, 11) is 0. The fourth-order valence-electron chi connectivity index (χ4n) is 3.88. The SMILES string of the molecule is CCOc1ccc(NC(=O)C[C@@H]2C[C@@H]3CC[C@@H]2C3)cc1. The Bertz CT molecular complexity index is 468. The first kappa shape index (κ1) is 13.5. The molecule has 3 heteroatoms. The average molecular weight is 273 g/mol. The molecule has 0 heterocycles. The zero-order valence-electron chi connectivity index (χ0n) is 12.1. The highest BCUT2D eigenvalue weighted by Gasteiger charge is 2.40. The van der Waals surface area contributed by atoms with E-state index in [1.54, 1.807) is 0 Å². The minimum atomic E-state index is 0.159. The number of carbonyl (C=O) groups excluding carboxylic acids is 1. The van der Waals surface area contributed by atoms with Crippen molar-refractivity contribution in [2.45, 2.75) is 39.0 Å². The normalized spacial score (nSPS) is 27.6. The number of rotatable bonds is 5. The van der Waals surface area contributed by atoms with E-state index in [0.717, 1.165) is 23.3 Å². The van der Waals surface area contributed by atoms with Crippen molar-refractivity contribution >= 4 is 11.6 Å². The Balaban J connectivity index is 1.51. The molecule has 1 aromatic carbocycles. The van der Waals surface area contributed by atoms with Crippen LogP contribution in [0.15, 0.2) is 24.3 Å². The van der Waals surface area contributed by atoms with Gasteiger partial charge < -0.3 is 10.1 Å². The smallest absolute Gasteiger partial charge is 0.224 e. The third-order valence-electron chi connectivity index (χ3n) is 4.78. The molecule has 0 spiro atoms. The summed E-state index contributed by atoms with van der Waals surface area (Å²) in [5.74, 6) is 3.34. The first-order valence-corrected chi connectivity index (χ1v) is 7.77. The van der Waals surface area contributed by atoms with E-state index >= 15 is 0 Å². The summed E-state index contributed by atoms with van der Waals surface area (Å²) in [5.41, 5.74) is 0.863. The summed E-state index contributed by atoms with van der Waals surface area (Å²) in [6.45, 7) is 2.63. The summed E-state index contributed by atoms with van der Waals surface area (Å²) in [6.07, 6.45) is 6.05. The van der Waals surface area contributed by atoms with Crippen molar-refractivity contribution in [3.8, 4) is 5.75 Å². The van der Waals surface area contributed by atoms with Crippen LogP contribution < -0.4 is 10.1 Å². The first-order chi connectivity index (χ1) is 9.74. The van der Waals surface area contributed by atoms with E-state index in [4.69, 9.17) is 4.74 Å². The van der Waals surface area contributed by atoms with Gasteiger partial charge >= 0.3 is 0 Å². The fraction of sp³-hybridized carbons (Fsp3) is 0.588. The van der Waals surface area contributed by atoms with Crippen molar-refractivity contribution in [2.75, 3.05) is 11.9 Å². The number of benzene rings is 1. The van der Waals surface area contributed by atoms with Crippen LogP contribution in [0.25, 0.3) is 0 Å². The van der Waals surface area contributed by atoms with Crippen molar-refractivity contribution in [3.63, 3.8) is 0 Å². The Morgan fingerprint density at radius 1 is 1.25 bits per heavy atom. The van der Waals surface area contributed by atoms with Crippen LogP contribution in [0.4, 0.5) is 5.69 Å². The standard InChI is InChI=1S/C17H23NO2/c1-2-20-16-7-5-15(6-8-16)18-17(19)11-14-10-12-3-4-13(14)9-12/h5-8,12-14H,2-4,9-11H2,1H3,(H,18,19)/t12-,13-,14+/m1/s1. The van der Waals surface area contributed by atoms with E-state index in [9.17, 15) is 4.79 Å². The number of anilines is 1. The van der Waals surface area contributed by atoms with Gasteiger partial charge in [-0.2, -0.15) is 0 Å². The third-order valence-corrected chi connectivity index (χ3v) is 4.78. The molecule has 0 unspecified atom stereocenters. The molecule has 1 N–H and O–H groups in total. The minimum absolute atomic E-state index is 0.159. The maximum atomic E-state index is 12.1. The lowest BCUT2D eigenvalue weighted by atomic mass is 9.86. The van der Waals surface area contributed by atoms with E-state index in [-0.39, 0.29) is 5.91 Å². The largest absolute Gasteiger partial charge is 0.494 e. The maximum Gasteiger partial charge on any atom is 0.224 e. The Hall–Kier alpha value is -1.51. The van der Waals surface area contributed by atoms with E-state index in [1.807, 2.05) is 31.2 Å². The zero-order chi connectivity index (χ0) is 13.9. The number of fused-ring (bicyclic) bond motifs is 2. The Kier molecular flexibility index (Phi) is 3.95. The number of amides is 1. The van der Waals surface area contributed by atoms with Gasteiger partial charge in [-0.1, -0.05) is 6.42 Å². The summed E-state index contributed by atoms with van der Waals surface area (Å²) in [5, 5.41) is 3.00. The van der Waals surface area contributed by atoms with Crippen LogP contribution in [0.2, 0.25) is 0 Å². The highest BCUT2D eigenvalue weighted by atomic mass is 16.5. The molecule has 2 aliphatic carbocycles. The van der Waals surface area contributed by atoms with Crippen molar-refractivity contribution in [1.82, 2.24) is 0 Å². The predicted octanol–water partition coefficient (Wildman–Crippen LogP) is 3.85. The van der Waals surface area contributed by atoms with Crippen molar-refractivity contribution < 1.29 is 9.53 Å². The molecular formula is C17H23NO2. The monoisotopic (exact) mass is 273 g/mol. The highest BCUT2D eigenvalue weighted by molar-refractivity contribution is 5.90. The highest BCUT2D eigenvalue weighted by Crippen LogP contribution is 2.49. The molecule has 0 aliphatic heterocycles. The lowest BCUT2D eigenvalue weighted by molar-refractivity contribution is -0.117. The zero-order valence-corrected chi connectivity index (χ0v) is 12.1. The molecule has 0 saturated heterocycles. The van der Waals surface area contributed by atoms with Crippen LogP contribution in [0.3, 0.4) is 0 Å². The molecule has 2 saturated carbocycles. The van der Waals surface area contributed by atoms with Crippen molar-refractivity contribution in [2.24, 2.45) is 17.8 Å². The Morgan fingerprint density at radius 2 is 2.05 bits per heavy atom. The number of hydrogen-bond donors (Lipinski definition) is 1. The van der Waals surface area contributed by atoms with Gasteiger partial charge in [0.1, 0.15) is 5.75 Å². The van der Waals surface area contributed by atoms with Crippen molar-refractivity contribution in [3.05, 3.63) is 24.3 Å². The molecule has 1 amide bonds. The topological polar surface area (TPSA) is 38.3 Å². The molecule has 0 aromatic heterocycles. The first-order valence-electron chi connectivity index (χ1n) is 7.77. The summed E-state index contributed by atoms with van der Waals surface area (Å²) >= 11 is 0. The second-order valence-corrected chi connectivity index (χ2v) is 6.14. The van der Waals surface area contributed by atoms with Gasteiger partial charge in [-0.3, -0.25) is 4.79 Å². The third kappa shape index (κ3) is 2.97. The Morgan fingerprint density at radius 3 is 2.65 bits per heavy atom. The van der Waals surface area contributed by atoms with Gasteiger partial charge in [0.05, 0.1) is 6.61 Å². The lowest BCUT2D eigenvalue weighted by Crippen LogP contribution is -2.20. The average Bonchev–Trinajstić information content (AvgIpc) is 3.03. The van der Waals surface area contributed by atoms with E-state index < -0.39 is 0 Å². The van der Waals surface area contributed by atoms with Gasteiger partial charge in [-0.25, -0.2) is 0 Å². The van der Waals surface area contributed by atoms with Crippen LogP contribution in [0, 0.1) is 17.8 Å². The van der Waals surface area contributed by atoms with Gasteiger partial charge in [0.15, 0.2) is 0 Å². The molecule has 2 bridgehead atoms. The van der Waals surface area contributed by atoms with Crippen LogP contribution in [-0.2, 0) is 4.79 Å². The Labute approximate surface area is 120 Å². The van der Waals surface area contributed by atoms with Gasteiger partial charge in [0.25, 0.3) is 0 Å². The second-order valence-electron chi connectivity index (χ2n) is 6.14. The molecule has 0 radical (unpaired) electrons. The summed E-state index contributed by atoms with van der Waals surface area (Å²) in [4.78, 5) is 12.1. The minimum Gasteiger partial charge on any atom is -0.494 e. The molecule has 3 nitrogen and oxygen atoms in total. The second kappa shape index (κ2) is 5.86. The molecular weight excluding hydrogens is 250 g/mol. The molecule has 2 fully saturated rings. The van der Waals surface area contributed by atoms with Crippen LogP contribution in [-0.4, -0.2) is 12.5 Å². The van der Waals surface area contributed by atoms with Crippen LogP contribution in [0.1, 0.15) is 39.0 Å². The van der Waals surface area contributed by atoms with Crippen LogP contribution >= 0.6 is 0 Å². The van der Waals surface area contributed by atoms with Crippen LogP contribution in [0.5, 0.6) is 5.75 Å². The number of hydrogen-bond acceptors (Lipinski definition) is 2. The summed E-state index contributed by atoms with van der Waals surface area (Å²) < 4.78 is 5.39. The quantitative estimate of drug-likeness (QED) is 0.885. The van der Waals surface area contributed by atoms with Gasteiger partial charge in [-0.05, 0) is 68.2 Å². The number of nitrogens with one attached hydrogen (secondary N) is 1. The molecule has 3 rings (SSSR count). The molecule has 1 aromatic rings. The predicted molar refractivity (Wildman–Crippen MR) is 79.8 cm³/mol. The maximum absolute atomic E-state index is 12.1. The van der Waals surface area contributed by atoms with E-state index in [2.05, 4.69) is 5.32 Å².